The number of carbonyl (C=O) groups is 1. The Morgan fingerprint density at radius 1 is 0.700 bits per heavy atom. The number of likely N-dealkylation sites (tertiary alicyclic amines) is 1. The molecular weight excluding hydrogens is 380 g/mol. The van der Waals surface area contributed by atoms with Crippen molar-refractivity contribution in [2.45, 2.75) is 6.54 Å². The largest absolute Gasteiger partial charge is 0.290 e. The molecule has 4 heteroatoms. The van der Waals surface area contributed by atoms with Gasteiger partial charge < -0.3 is 0 Å². The number of hydrogen-bond acceptors (Lipinski definition) is 2. The summed E-state index contributed by atoms with van der Waals surface area (Å²) in [6.45, 7) is 1.72. The summed E-state index contributed by atoms with van der Waals surface area (Å²) in [6.07, 6.45) is 3.63. The average Bonchev–Trinajstić information content (AvgIpc) is 2.75. The predicted molar refractivity (Wildman–Crippen MR) is 115 cm³/mol. The fourth-order valence-electron chi connectivity index (χ4n) is 3.58. The van der Waals surface area contributed by atoms with Crippen LogP contribution < -0.4 is 0 Å². The van der Waals surface area contributed by atoms with Crippen molar-refractivity contribution in [3.05, 3.63) is 118 Å². The van der Waals surface area contributed by atoms with Crippen LogP contribution in [0.4, 0.5) is 8.78 Å². The second kappa shape index (κ2) is 8.97. The maximum atomic E-state index is 13.2. The van der Waals surface area contributed by atoms with Gasteiger partial charge in [-0.1, -0.05) is 54.6 Å². The minimum absolute atomic E-state index is 0.0343. The van der Waals surface area contributed by atoms with Crippen LogP contribution in [0.5, 0.6) is 0 Å². The number of rotatable bonds is 4. The maximum Gasteiger partial charge on any atom is 0.187 e. The van der Waals surface area contributed by atoms with Crippen LogP contribution in [0.2, 0.25) is 0 Å². The van der Waals surface area contributed by atoms with Crippen molar-refractivity contribution in [3.63, 3.8) is 0 Å². The van der Waals surface area contributed by atoms with E-state index < -0.39 is 0 Å². The Labute approximate surface area is 174 Å². The third-order valence-electron chi connectivity index (χ3n) is 5.04. The third-order valence-corrected chi connectivity index (χ3v) is 5.04. The molecule has 0 spiro atoms. The van der Waals surface area contributed by atoms with Gasteiger partial charge in [0.2, 0.25) is 0 Å². The molecule has 1 aliphatic rings. The molecule has 0 unspecified atom stereocenters. The van der Waals surface area contributed by atoms with Crippen LogP contribution in [0.1, 0.15) is 16.7 Å². The highest BCUT2D eigenvalue weighted by molar-refractivity contribution is 6.14. The Morgan fingerprint density at radius 3 is 1.63 bits per heavy atom. The molecule has 4 rings (SSSR count). The van der Waals surface area contributed by atoms with Gasteiger partial charge in [0.1, 0.15) is 11.6 Å². The molecule has 0 atom stereocenters. The van der Waals surface area contributed by atoms with Gasteiger partial charge in [-0.05, 0) is 53.1 Å². The molecule has 150 valence electrons. The Morgan fingerprint density at radius 2 is 1.17 bits per heavy atom. The molecule has 0 bridgehead atoms. The molecule has 0 amide bonds. The second-order valence-corrected chi connectivity index (χ2v) is 7.40. The summed E-state index contributed by atoms with van der Waals surface area (Å²) in [6, 6.07) is 22.3. The molecule has 30 heavy (non-hydrogen) atoms. The molecule has 2 nitrogen and oxygen atoms in total. The van der Waals surface area contributed by atoms with E-state index in [1.807, 2.05) is 30.4 Å². The smallest absolute Gasteiger partial charge is 0.187 e. The molecule has 0 N–H and O–H groups in total. The van der Waals surface area contributed by atoms with Crippen molar-refractivity contribution >= 4 is 17.9 Å². The van der Waals surface area contributed by atoms with Gasteiger partial charge in [0, 0.05) is 30.8 Å². The monoisotopic (exact) mass is 401 g/mol. The van der Waals surface area contributed by atoms with E-state index in [2.05, 4.69) is 17.0 Å². The Kier molecular flexibility index (Phi) is 5.96. The van der Waals surface area contributed by atoms with Gasteiger partial charge >= 0.3 is 0 Å². The summed E-state index contributed by atoms with van der Waals surface area (Å²) >= 11 is 0. The molecule has 3 aromatic carbocycles. The minimum atomic E-state index is -0.310. The molecule has 3 aromatic rings. The van der Waals surface area contributed by atoms with Crippen LogP contribution >= 0.6 is 0 Å². The molecule has 0 aromatic heterocycles. The van der Waals surface area contributed by atoms with Gasteiger partial charge in [0.05, 0.1) is 0 Å². The fraction of sp³-hybridized carbons (Fsp3) is 0.115. The molecular formula is C26H21F2NO. The number of Topliss-reactive ketones (excluding diaryl/α,β-unsaturated/α-hetero) is 1. The quantitative estimate of drug-likeness (QED) is 0.537. The van der Waals surface area contributed by atoms with Crippen molar-refractivity contribution in [1.82, 2.24) is 4.90 Å². The number of benzene rings is 3. The van der Waals surface area contributed by atoms with Crippen LogP contribution in [0.15, 0.2) is 90.0 Å². The van der Waals surface area contributed by atoms with E-state index in [1.165, 1.54) is 24.3 Å². The summed E-state index contributed by atoms with van der Waals surface area (Å²) < 4.78 is 26.5. The van der Waals surface area contributed by atoms with E-state index >= 15 is 0 Å². The van der Waals surface area contributed by atoms with Crippen molar-refractivity contribution in [2.75, 3.05) is 13.1 Å². The third kappa shape index (κ3) is 4.97. The first-order valence-corrected chi connectivity index (χ1v) is 9.80. The normalized spacial score (nSPS) is 17.6. The highest BCUT2D eigenvalue weighted by Crippen LogP contribution is 2.24. The lowest BCUT2D eigenvalue weighted by molar-refractivity contribution is -0.113. The van der Waals surface area contributed by atoms with Crippen molar-refractivity contribution in [2.24, 2.45) is 0 Å². The molecule has 1 aliphatic heterocycles. The van der Waals surface area contributed by atoms with E-state index in [4.69, 9.17) is 0 Å². The molecule has 0 aliphatic carbocycles. The molecule has 1 heterocycles. The van der Waals surface area contributed by atoms with E-state index in [-0.39, 0.29) is 17.4 Å². The maximum absolute atomic E-state index is 13.2. The van der Waals surface area contributed by atoms with Crippen molar-refractivity contribution in [3.8, 4) is 0 Å². The first kappa shape index (κ1) is 19.9. The minimum Gasteiger partial charge on any atom is -0.290 e. The van der Waals surface area contributed by atoms with E-state index in [0.717, 1.165) is 16.7 Å². The Bertz CT molecular complexity index is 1020. The SMILES string of the molecule is O=C1/C(=C\c2ccc(F)cc2)CN(Cc2ccccc2)C/C1=C/c1ccc(F)cc1. The standard InChI is InChI=1S/C26H21F2NO/c27-24-10-6-19(7-11-24)14-22-17-29(16-21-4-2-1-3-5-21)18-23(26(22)30)15-20-8-12-25(28)13-9-20/h1-15H,16-18H2/b22-14-,23-15-. The highest BCUT2D eigenvalue weighted by atomic mass is 19.1. The Hall–Kier alpha value is -3.37. The summed E-state index contributed by atoms with van der Waals surface area (Å²) in [5, 5.41) is 0. The topological polar surface area (TPSA) is 20.3 Å². The summed E-state index contributed by atoms with van der Waals surface area (Å²) in [4.78, 5) is 15.4. The number of nitrogens with zero attached hydrogens (tertiary/aromatic N) is 1. The molecule has 1 fully saturated rings. The predicted octanol–water partition coefficient (Wildman–Crippen LogP) is 5.52. The van der Waals surface area contributed by atoms with Gasteiger partial charge in [0.25, 0.3) is 0 Å². The van der Waals surface area contributed by atoms with Gasteiger partial charge in [-0.3, -0.25) is 9.69 Å². The van der Waals surface area contributed by atoms with E-state index in [0.29, 0.717) is 30.8 Å². The fourth-order valence-corrected chi connectivity index (χ4v) is 3.58. The molecule has 0 radical (unpaired) electrons. The second-order valence-electron chi connectivity index (χ2n) is 7.40. The van der Waals surface area contributed by atoms with Gasteiger partial charge in [-0.25, -0.2) is 8.78 Å². The first-order valence-electron chi connectivity index (χ1n) is 9.80. The van der Waals surface area contributed by atoms with Crippen molar-refractivity contribution in [1.29, 1.82) is 0 Å². The average molecular weight is 401 g/mol. The highest BCUT2D eigenvalue weighted by Gasteiger charge is 2.26. The number of ketones is 1. The summed E-state index contributed by atoms with van der Waals surface area (Å²) in [5.74, 6) is -0.655. The zero-order valence-corrected chi connectivity index (χ0v) is 16.4. The van der Waals surface area contributed by atoms with Gasteiger partial charge in [0.15, 0.2) is 5.78 Å². The molecule has 1 saturated heterocycles. The Balaban J connectivity index is 1.67. The van der Waals surface area contributed by atoms with Gasteiger partial charge in [-0.15, -0.1) is 0 Å². The number of piperidine rings is 1. The number of hydrogen-bond donors (Lipinski definition) is 0. The molecule has 0 saturated carbocycles. The number of halogens is 2. The van der Waals surface area contributed by atoms with Gasteiger partial charge in [-0.2, -0.15) is 0 Å². The first-order chi connectivity index (χ1) is 14.6. The lowest BCUT2D eigenvalue weighted by atomic mass is 9.94. The van der Waals surface area contributed by atoms with Crippen LogP contribution in [0, 0.1) is 11.6 Å². The van der Waals surface area contributed by atoms with Crippen LogP contribution in [0.25, 0.3) is 12.2 Å². The van der Waals surface area contributed by atoms with Crippen LogP contribution in [0.3, 0.4) is 0 Å². The summed E-state index contributed by atoms with van der Waals surface area (Å²) in [7, 11) is 0. The zero-order chi connectivity index (χ0) is 20.9. The lowest BCUT2D eigenvalue weighted by Gasteiger charge is -2.30. The van der Waals surface area contributed by atoms with E-state index in [1.54, 1.807) is 24.3 Å². The van der Waals surface area contributed by atoms with Crippen molar-refractivity contribution < 1.29 is 13.6 Å². The summed E-state index contributed by atoms with van der Waals surface area (Å²) in [5.41, 5.74) is 4.02. The van der Waals surface area contributed by atoms with Crippen LogP contribution in [-0.2, 0) is 11.3 Å². The van der Waals surface area contributed by atoms with E-state index in [9.17, 15) is 13.6 Å². The lowest BCUT2D eigenvalue weighted by Crippen LogP contribution is -2.37. The number of carbonyl (C=O) groups excluding carboxylic acids is 1. The van der Waals surface area contributed by atoms with Crippen LogP contribution in [-0.4, -0.2) is 23.8 Å². The zero-order valence-electron chi connectivity index (χ0n) is 16.4.